The zero-order valence-electron chi connectivity index (χ0n) is 11.6. The van der Waals surface area contributed by atoms with Crippen LogP contribution in [0.1, 0.15) is 5.56 Å². The van der Waals surface area contributed by atoms with Crippen LogP contribution in [0.15, 0.2) is 53.4 Å². The van der Waals surface area contributed by atoms with Crippen LogP contribution < -0.4 is 4.72 Å². The normalized spacial score (nSPS) is 11.5. The van der Waals surface area contributed by atoms with Gasteiger partial charge in [0.25, 0.3) is 0 Å². The summed E-state index contributed by atoms with van der Waals surface area (Å²) in [5.74, 6) is 0.432. The molecule has 118 valence electrons. The van der Waals surface area contributed by atoms with Gasteiger partial charge in [0.2, 0.25) is 10.0 Å². The molecule has 2 aromatic carbocycles. The van der Waals surface area contributed by atoms with Crippen LogP contribution in [0.2, 0.25) is 10.0 Å². The van der Waals surface area contributed by atoms with Crippen molar-refractivity contribution in [3.05, 3.63) is 64.1 Å². The fraction of sp³-hybridized carbons (Fsp3) is 0.200. The number of thioether (sulfide) groups is 1. The summed E-state index contributed by atoms with van der Waals surface area (Å²) in [5, 5.41) is 0.716. The van der Waals surface area contributed by atoms with Crippen LogP contribution in [-0.4, -0.2) is 20.7 Å². The molecule has 7 heteroatoms. The molecule has 0 saturated carbocycles. The van der Waals surface area contributed by atoms with Crippen molar-refractivity contribution in [1.82, 2.24) is 4.72 Å². The molecule has 0 spiro atoms. The van der Waals surface area contributed by atoms with Crippen LogP contribution in [0.4, 0.5) is 0 Å². The van der Waals surface area contributed by atoms with Gasteiger partial charge in [0.05, 0.1) is 5.75 Å². The van der Waals surface area contributed by atoms with E-state index in [0.717, 1.165) is 4.90 Å². The van der Waals surface area contributed by atoms with Gasteiger partial charge in [-0.1, -0.05) is 47.5 Å². The van der Waals surface area contributed by atoms with Gasteiger partial charge in [0, 0.05) is 32.8 Å². The van der Waals surface area contributed by atoms with Crippen molar-refractivity contribution in [2.75, 3.05) is 12.3 Å². The van der Waals surface area contributed by atoms with E-state index in [1.54, 1.807) is 30.0 Å². The summed E-state index contributed by atoms with van der Waals surface area (Å²) in [6, 6.07) is 14.8. The van der Waals surface area contributed by atoms with Crippen LogP contribution in [0, 0.1) is 0 Å². The Morgan fingerprint density at radius 1 is 0.955 bits per heavy atom. The van der Waals surface area contributed by atoms with Gasteiger partial charge in [-0.15, -0.1) is 11.8 Å². The summed E-state index contributed by atoms with van der Waals surface area (Å²) in [6.45, 7) is 0.351. The Hall–Kier alpha value is -0.720. The molecule has 0 radical (unpaired) electrons. The van der Waals surface area contributed by atoms with Crippen molar-refractivity contribution in [1.29, 1.82) is 0 Å². The first-order valence-corrected chi connectivity index (χ1v) is 9.95. The summed E-state index contributed by atoms with van der Waals surface area (Å²) >= 11 is 13.6. The van der Waals surface area contributed by atoms with Gasteiger partial charge in [-0.3, -0.25) is 0 Å². The van der Waals surface area contributed by atoms with E-state index < -0.39 is 10.0 Å². The van der Waals surface area contributed by atoms with Crippen molar-refractivity contribution in [3.63, 3.8) is 0 Å². The van der Waals surface area contributed by atoms with Crippen LogP contribution in [0.5, 0.6) is 0 Å². The third-order valence-corrected chi connectivity index (χ3v) is 5.87. The van der Waals surface area contributed by atoms with Crippen LogP contribution in [0.25, 0.3) is 0 Å². The predicted octanol–water partition coefficient (Wildman–Crippen LogP) is 4.21. The molecule has 0 atom stereocenters. The quantitative estimate of drug-likeness (QED) is 0.582. The van der Waals surface area contributed by atoms with E-state index in [4.69, 9.17) is 23.2 Å². The number of hydrogen-bond donors (Lipinski definition) is 1. The first-order valence-electron chi connectivity index (χ1n) is 6.56. The highest BCUT2D eigenvalue weighted by atomic mass is 35.5. The van der Waals surface area contributed by atoms with Crippen LogP contribution in [0.3, 0.4) is 0 Å². The first-order chi connectivity index (χ1) is 10.5. The van der Waals surface area contributed by atoms with Crippen molar-refractivity contribution in [2.45, 2.75) is 10.6 Å². The number of rotatable bonds is 7. The SMILES string of the molecule is O=S(=O)(Cc1c(Cl)cccc1Cl)NCCSc1ccccc1. The zero-order chi connectivity index (χ0) is 16.0. The average molecular weight is 376 g/mol. The molecule has 0 aromatic heterocycles. The Labute approximate surface area is 145 Å². The Morgan fingerprint density at radius 3 is 2.23 bits per heavy atom. The highest BCUT2D eigenvalue weighted by molar-refractivity contribution is 7.99. The molecule has 0 aliphatic heterocycles. The molecule has 2 rings (SSSR count). The molecule has 0 aliphatic rings. The summed E-state index contributed by atoms with van der Waals surface area (Å²) in [7, 11) is -3.47. The lowest BCUT2D eigenvalue weighted by atomic mass is 10.2. The molecule has 22 heavy (non-hydrogen) atoms. The van der Waals surface area contributed by atoms with Gasteiger partial charge in [-0.25, -0.2) is 13.1 Å². The Kier molecular flexibility index (Phi) is 6.59. The molecule has 0 amide bonds. The Bertz CT molecular complexity index is 701. The van der Waals surface area contributed by atoms with Crippen molar-refractivity contribution in [3.8, 4) is 0 Å². The standard InChI is InChI=1S/C15H15Cl2NO2S2/c16-14-7-4-8-15(17)13(14)11-22(19,20)18-9-10-21-12-5-2-1-3-6-12/h1-8,18H,9-11H2. The third-order valence-electron chi connectivity index (χ3n) is 2.83. The van der Waals surface area contributed by atoms with Gasteiger partial charge in [0.1, 0.15) is 0 Å². The maximum absolute atomic E-state index is 12.1. The molecular weight excluding hydrogens is 361 g/mol. The minimum absolute atomic E-state index is 0.221. The van der Waals surface area contributed by atoms with Crippen molar-refractivity contribution < 1.29 is 8.42 Å². The second kappa shape index (κ2) is 8.22. The average Bonchev–Trinajstić information content (AvgIpc) is 2.49. The molecule has 0 bridgehead atoms. The summed E-state index contributed by atoms with van der Waals surface area (Å²) < 4.78 is 26.7. The van der Waals surface area contributed by atoms with E-state index >= 15 is 0 Å². The van der Waals surface area contributed by atoms with E-state index in [2.05, 4.69) is 4.72 Å². The topological polar surface area (TPSA) is 46.2 Å². The minimum Gasteiger partial charge on any atom is -0.214 e. The largest absolute Gasteiger partial charge is 0.215 e. The Morgan fingerprint density at radius 2 is 1.59 bits per heavy atom. The van der Waals surface area contributed by atoms with Crippen LogP contribution in [-0.2, 0) is 15.8 Å². The summed E-state index contributed by atoms with van der Waals surface area (Å²) in [6.07, 6.45) is 0. The number of sulfonamides is 1. The van der Waals surface area contributed by atoms with E-state index in [1.165, 1.54) is 0 Å². The maximum atomic E-state index is 12.1. The predicted molar refractivity (Wildman–Crippen MR) is 94.3 cm³/mol. The van der Waals surface area contributed by atoms with Gasteiger partial charge in [-0.2, -0.15) is 0 Å². The molecule has 0 heterocycles. The fourth-order valence-electron chi connectivity index (χ4n) is 1.79. The lowest BCUT2D eigenvalue weighted by molar-refractivity contribution is 0.583. The van der Waals surface area contributed by atoms with Gasteiger partial charge >= 0.3 is 0 Å². The van der Waals surface area contributed by atoms with E-state index in [1.807, 2.05) is 30.3 Å². The molecule has 0 fully saturated rings. The molecule has 2 aromatic rings. The van der Waals surface area contributed by atoms with Crippen LogP contribution >= 0.6 is 35.0 Å². The van der Waals surface area contributed by atoms with Gasteiger partial charge in [-0.05, 0) is 24.3 Å². The maximum Gasteiger partial charge on any atom is 0.215 e. The second-order valence-electron chi connectivity index (χ2n) is 4.52. The molecular formula is C15H15Cl2NO2S2. The summed E-state index contributed by atoms with van der Waals surface area (Å²) in [4.78, 5) is 1.11. The summed E-state index contributed by atoms with van der Waals surface area (Å²) in [5.41, 5.74) is 0.425. The lowest BCUT2D eigenvalue weighted by Gasteiger charge is -2.09. The van der Waals surface area contributed by atoms with Gasteiger partial charge in [0.15, 0.2) is 0 Å². The smallest absolute Gasteiger partial charge is 0.214 e. The van der Waals surface area contributed by atoms with Gasteiger partial charge < -0.3 is 0 Å². The van der Waals surface area contributed by atoms with E-state index in [-0.39, 0.29) is 5.75 Å². The second-order valence-corrected chi connectivity index (χ2v) is 8.30. The molecule has 0 aliphatic carbocycles. The molecule has 3 nitrogen and oxygen atoms in total. The van der Waals surface area contributed by atoms with E-state index in [0.29, 0.717) is 27.9 Å². The number of hydrogen-bond acceptors (Lipinski definition) is 3. The first kappa shape index (κ1) is 17.6. The van der Waals surface area contributed by atoms with E-state index in [9.17, 15) is 8.42 Å². The highest BCUT2D eigenvalue weighted by Crippen LogP contribution is 2.26. The van der Waals surface area contributed by atoms with Crippen molar-refractivity contribution in [2.24, 2.45) is 0 Å². The Balaban J connectivity index is 1.86. The third kappa shape index (κ3) is 5.48. The fourth-order valence-corrected chi connectivity index (χ4v) is 4.61. The number of nitrogens with one attached hydrogen (secondary N) is 1. The van der Waals surface area contributed by atoms with Crippen molar-refractivity contribution >= 4 is 45.0 Å². The number of halogens is 2. The molecule has 1 N–H and O–H groups in total. The zero-order valence-corrected chi connectivity index (χ0v) is 14.8. The molecule has 0 unspecified atom stereocenters. The monoisotopic (exact) mass is 375 g/mol. The highest BCUT2D eigenvalue weighted by Gasteiger charge is 2.15. The minimum atomic E-state index is -3.47. The lowest BCUT2D eigenvalue weighted by Crippen LogP contribution is -2.27. The number of benzene rings is 2. The molecule has 0 saturated heterocycles.